The Morgan fingerprint density at radius 3 is 2.48 bits per heavy atom. The quantitative estimate of drug-likeness (QED) is 0.934. The van der Waals surface area contributed by atoms with Crippen molar-refractivity contribution in [2.45, 2.75) is 6.10 Å². The van der Waals surface area contributed by atoms with E-state index in [1.54, 1.807) is 16.2 Å². The molecule has 0 radical (unpaired) electrons. The number of aliphatic hydroxyl groups is 1. The van der Waals surface area contributed by atoms with Crippen molar-refractivity contribution in [3.63, 3.8) is 0 Å². The fourth-order valence-electron chi connectivity index (χ4n) is 2.72. The second-order valence-electron chi connectivity index (χ2n) is 5.63. The van der Waals surface area contributed by atoms with E-state index in [1.165, 1.54) is 24.3 Å². The van der Waals surface area contributed by atoms with Crippen LogP contribution in [0.25, 0.3) is 0 Å². The Bertz CT molecular complexity index is 637. The number of β-amino-alcohol motifs (C(OH)–C–C–N with tert-alkyl or cyclic N) is 1. The van der Waals surface area contributed by atoms with Gasteiger partial charge in [0, 0.05) is 43.2 Å². The number of aliphatic hydroxyl groups excluding tert-OH is 1. The van der Waals surface area contributed by atoms with Crippen molar-refractivity contribution in [2.24, 2.45) is 0 Å². The molecule has 1 aliphatic rings. The number of carbonyl (C=O) groups excluding carboxylic acids is 1. The van der Waals surface area contributed by atoms with Gasteiger partial charge in [0.2, 0.25) is 0 Å². The third-order valence-electron chi connectivity index (χ3n) is 4.05. The molecule has 23 heavy (non-hydrogen) atoms. The maximum absolute atomic E-state index is 12.9. The first-order valence-electron chi connectivity index (χ1n) is 7.62. The van der Waals surface area contributed by atoms with Gasteiger partial charge in [0.05, 0.1) is 0 Å². The van der Waals surface area contributed by atoms with Crippen molar-refractivity contribution >= 4 is 17.2 Å². The van der Waals surface area contributed by atoms with E-state index in [9.17, 15) is 14.3 Å². The largest absolute Gasteiger partial charge is 0.386 e. The first kappa shape index (κ1) is 16.1. The number of halogens is 1. The lowest BCUT2D eigenvalue weighted by molar-refractivity contribution is 0.0533. The molecule has 1 N–H and O–H groups in total. The van der Waals surface area contributed by atoms with Gasteiger partial charge in [-0.2, -0.15) is 0 Å². The number of piperazine rings is 1. The highest BCUT2D eigenvalue weighted by Crippen LogP contribution is 2.20. The predicted molar refractivity (Wildman–Crippen MR) is 88.0 cm³/mol. The number of nitrogens with zero attached hydrogens (tertiary/aromatic N) is 2. The molecular formula is C17H19FN2O2S. The zero-order chi connectivity index (χ0) is 16.2. The van der Waals surface area contributed by atoms with Gasteiger partial charge in [0.1, 0.15) is 11.9 Å². The van der Waals surface area contributed by atoms with Crippen LogP contribution in [-0.2, 0) is 0 Å². The second-order valence-corrected chi connectivity index (χ2v) is 6.61. The van der Waals surface area contributed by atoms with Crippen molar-refractivity contribution in [2.75, 3.05) is 32.7 Å². The number of hydrogen-bond donors (Lipinski definition) is 1. The summed E-state index contributed by atoms with van der Waals surface area (Å²) in [4.78, 5) is 17.3. The minimum Gasteiger partial charge on any atom is -0.386 e. The lowest BCUT2D eigenvalue weighted by atomic mass is 10.1. The van der Waals surface area contributed by atoms with E-state index < -0.39 is 6.10 Å². The second kappa shape index (κ2) is 7.21. The van der Waals surface area contributed by atoms with Crippen LogP contribution < -0.4 is 0 Å². The summed E-state index contributed by atoms with van der Waals surface area (Å²) in [6, 6.07) is 9.52. The topological polar surface area (TPSA) is 43.8 Å². The Hall–Kier alpha value is -1.76. The fraction of sp³-hybridized carbons (Fsp3) is 0.353. The third kappa shape index (κ3) is 3.96. The molecule has 1 unspecified atom stereocenters. The summed E-state index contributed by atoms with van der Waals surface area (Å²) >= 11 is 1.55. The molecule has 6 heteroatoms. The minimum atomic E-state index is -0.477. The average Bonchev–Trinajstić information content (AvgIpc) is 3.10. The third-order valence-corrected chi connectivity index (χ3v) is 5.03. The van der Waals surface area contributed by atoms with E-state index in [-0.39, 0.29) is 11.7 Å². The van der Waals surface area contributed by atoms with Crippen LogP contribution in [0.5, 0.6) is 0 Å². The minimum absolute atomic E-state index is 0.0662. The Morgan fingerprint density at radius 1 is 1.17 bits per heavy atom. The molecule has 0 aliphatic carbocycles. The van der Waals surface area contributed by atoms with Crippen molar-refractivity contribution in [3.8, 4) is 0 Å². The van der Waals surface area contributed by atoms with Gasteiger partial charge in [-0.3, -0.25) is 9.69 Å². The lowest BCUT2D eigenvalue weighted by Gasteiger charge is -2.35. The molecule has 1 aromatic heterocycles. The van der Waals surface area contributed by atoms with Gasteiger partial charge in [0.15, 0.2) is 0 Å². The maximum Gasteiger partial charge on any atom is 0.253 e. The van der Waals surface area contributed by atoms with Crippen molar-refractivity contribution in [1.82, 2.24) is 9.80 Å². The van der Waals surface area contributed by atoms with Crippen LogP contribution in [0.4, 0.5) is 4.39 Å². The molecule has 2 heterocycles. The zero-order valence-corrected chi connectivity index (χ0v) is 13.5. The van der Waals surface area contributed by atoms with Gasteiger partial charge in [-0.25, -0.2) is 4.39 Å². The summed E-state index contributed by atoms with van der Waals surface area (Å²) in [5.74, 6) is -0.405. The molecule has 1 fully saturated rings. The normalized spacial score (nSPS) is 17.2. The number of amides is 1. The number of hydrogen-bond acceptors (Lipinski definition) is 4. The molecule has 0 bridgehead atoms. The standard InChI is InChI=1S/C17H19FN2O2S/c18-14-5-3-13(4-6-14)17(22)20-9-7-19(8-10-20)12-15(21)16-2-1-11-23-16/h1-6,11,15,21H,7-10,12H2. The SMILES string of the molecule is O=C(c1ccc(F)cc1)N1CCN(CC(O)c2cccs2)CC1. The Balaban J connectivity index is 1.52. The molecule has 0 saturated carbocycles. The van der Waals surface area contributed by atoms with Gasteiger partial charge < -0.3 is 10.0 Å². The van der Waals surface area contributed by atoms with Crippen LogP contribution in [0.2, 0.25) is 0 Å². The molecule has 122 valence electrons. The van der Waals surface area contributed by atoms with Gasteiger partial charge in [0.25, 0.3) is 5.91 Å². The van der Waals surface area contributed by atoms with Crippen molar-refractivity contribution in [1.29, 1.82) is 0 Å². The monoisotopic (exact) mass is 334 g/mol. The predicted octanol–water partition coefficient (Wildman–Crippen LogP) is 2.38. The van der Waals surface area contributed by atoms with Crippen molar-refractivity contribution < 1.29 is 14.3 Å². The first-order valence-corrected chi connectivity index (χ1v) is 8.50. The van der Waals surface area contributed by atoms with E-state index in [2.05, 4.69) is 4.90 Å². The number of benzene rings is 1. The molecule has 1 amide bonds. The molecule has 1 aromatic carbocycles. The number of thiophene rings is 1. The molecule has 1 atom stereocenters. The fourth-order valence-corrected chi connectivity index (χ4v) is 3.43. The Morgan fingerprint density at radius 2 is 1.87 bits per heavy atom. The van der Waals surface area contributed by atoms with E-state index in [4.69, 9.17) is 0 Å². The van der Waals surface area contributed by atoms with Crippen LogP contribution in [0.1, 0.15) is 21.3 Å². The molecule has 3 rings (SSSR count). The first-order chi connectivity index (χ1) is 11.1. The summed E-state index contributed by atoms with van der Waals surface area (Å²) in [5, 5.41) is 12.1. The molecule has 1 saturated heterocycles. The van der Waals surface area contributed by atoms with E-state index >= 15 is 0 Å². The summed E-state index contributed by atoms with van der Waals surface area (Å²) < 4.78 is 12.9. The number of rotatable bonds is 4. The lowest BCUT2D eigenvalue weighted by Crippen LogP contribution is -2.49. The molecule has 0 spiro atoms. The van der Waals surface area contributed by atoms with Gasteiger partial charge in [-0.15, -0.1) is 11.3 Å². The number of carbonyl (C=O) groups is 1. The smallest absolute Gasteiger partial charge is 0.253 e. The molecule has 4 nitrogen and oxygen atoms in total. The summed E-state index contributed by atoms with van der Waals surface area (Å²) in [7, 11) is 0. The Labute approximate surface area is 138 Å². The average molecular weight is 334 g/mol. The molecule has 1 aliphatic heterocycles. The van der Waals surface area contributed by atoms with Crippen LogP contribution in [0.3, 0.4) is 0 Å². The van der Waals surface area contributed by atoms with Crippen LogP contribution in [0, 0.1) is 5.82 Å². The van der Waals surface area contributed by atoms with Crippen LogP contribution in [-0.4, -0.2) is 53.5 Å². The summed E-state index contributed by atoms with van der Waals surface area (Å²) in [6.07, 6.45) is -0.477. The van der Waals surface area contributed by atoms with Crippen LogP contribution in [0.15, 0.2) is 41.8 Å². The Kier molecular flexibility index (Phi) is 5.05. The van der Waals surface area contributed by atoms with E-state index in [0.29, 0.717) is 25.2 Å². The summed E-state index contributed by atoms with van der Waals surface area (Å²) in [6.45, 7) is 3.28. The van der Waals surface area contributed by atoms with E-state index in [1.807, 2.05) is 17.5 Å². The van der Waals surface area contributed by atoms with Gasteiger partial charge in [-0.1, -0.05) is 6.07 Å². The molecule has 2 aromatic rings. The zero-order valence-electron chi connectivity index (χ0n) is 12.7. The van der Waals surface area contributed by atoms with Gasteiger partial charge in [-0.05, 0) is 35.7 Å². The molecular weight excluding hydrogens is 315 g/mol. The highest BCUT2D eigenvalue weighted by Gasteiger charge is 2.23. The van der Waals surface area contributed by atoms with Crippen molar-refractivity contribution in [3.05, 3.63) is 58.0 Å². The van der Waals surface area contributed by atoms with E-state index in [0.717, 1.165) is 18.0 Å². The van der Waals surface area contributed by atoms with Gasteiger partial charge >= 0.3 is 0 Å². The highest BCUT2D eigenvalue weighted by molar-refractivity contribution is 7.10. The highest BCUT2D eigenvalue weighted by atomic mass is 32.1. The maximum atomic E-state index is 12.9. The van der Waals surface area contributed by atoms with Crippen LogP contribution >= 0.6 is 11.3 Å². The summed E-state index contributed by atoms with van der Waals surface area (Å²) in [5.41, 5.74) is 0.512.